The molecular weight excluding hydrogens is 333 g/mol. The number of alkyl halides is 3. The second-order valence-corrected chi connectivity index (χ2v) is 5.57. The molecule has 0 atom stereocenters. The van der Waals surface area contributed by atoms with Crippen LogP contribution in [0.4, 0.5) is 24.5 Å². The highest BCUT2D eigenvalue weighted by Crippen LogP contribution is 2.31. The predicted octanol–water partition coefficient (Wildman–Crippen LogP) is 4.01. The van der Waals surface area contributed by atoms with Gasteiger partial charge in [-0.2, -0.15) is 13.2 Å². The normalized spacial score (nSPS) is 11.1. The molecule has 4 nitrogen and oxygen atoms in total. The first-order chi connectivity index (χ1) is 11.7. The van der Waals surface area contributed by atoms with Gasteiger partial charge in [0.2, 0.25) is 11.8 Å². The number of hydrogen-bond donors (Lipinski definition) is 1. The van der Waals surface area contributed by atoms with Gasteiger partial charge in [0.05, 0.1) is 5.56 Å². The number of anilines is 2. The summed E-state index contributed by atoms with van der Waals surface area (Å²) in [6.45, 7) is 2.71. The number of nitrogens with zero attached hydrogens (tertiary/aromatic N) is 1. The molecule has 2 amide bonds. The highest BCUT2D eigenvalue weighted by molar-refractivity contribution is 6.01. The fraction of sp³-hybridized carbons (Fsp3) is 0.222. The average Bonchev–Trinajstić information content (AvgIpc) is 2.54. The molecular formula is C18H17F3N2O2. The van der Waals surface area contributed by atoms with Crippen LogP contribution < -0.4 is 10.2 Å². The molecule has 2 rings (SSSR count). The lowest BCUT2D eigenvalue weighted by molar-refractivity contribution is -0.137. The Labute approximate surface area is 143 Å². The van der Waals surface area contributed by atoms with Gasteiger partial charge in [-0.15, -0.1) is 0 Å². The van der Waals surface area contributed by atoms with Crippen molar-refractivity contribution < 1.29 is 22.8 Å². The maximum atomic E-state index is 12.8. The Bertz CT molecular complexity index is 771. The average molecular weight is 350 g/mol. The van der Waals surface area contributed by atoms with Crippen molar-refractivity contribution in [3.8, 4) is 0 Å². The van der Waals surface area contributed by atoms with E-state index in [4.69, 9.17) is 0 Å². The van der Waals surface area contributed by atoms with E-state index in [1.165, 1.54) is 19.1 Å². The molecule has 0 aromatic heterocycles. The van der Waals surface area contributed by atoms with Crippen LogP contribution >= 0.6 is 0 Å². The Morgan fingerprint density at radius 3 is 2.28 bits per heavy atom. The SMILES string of the molecule is CC(=O)N(CC(=O)Nc1ccc(C)cc1)c1cccc(C(F)(F)F)c1. The predicted molar refractivity (Wildman–Crippen MR) is 89.3 cm³/mol. The van der Waals surface area contributed by atoms with Crippen LogP contribution in [0.15, 0.2) is 48.5 Å². The standard InChI is InChI=1S/C18H17F3N2O2/c1-12-6-8-15(9-7-12)22-17(25)11-23(13(2)24)16-5-3-4-14(10-16)18(19,20)21/h3-10H,11H2,1-2H3,(H,22,25). The smallest absolute Gasteiger partial charge is 0.325 e. The van der Waals surface area contributed by atoms with E-state index in [-0.39, 0.29) is 12.2 Å². The Balaban J connectivity index is 2.17. The Kier molecular flexibility index (Phi) is 5.46. The number of nitrogens with one attached hydrogen (secondary N) is 1. The van der Waals surface area contributed by atoms with Crippen molar-refractivity contribution in [2.75, 3.05) is 16.8 Å². The Morgan fingerprint density at radius 2 is 1.72 bits per heavy atom. The van der Waals surface area contributed by atoms with Crippen LogP contribution in [-0.2, 0) is 15.8 Å². The highest BCUT2D eigenvalue weighted by Gasteiger charge is 2.31. The maximum Gasteiger partial charge on any atom is 0.416 e. The summed E-state index contributed by atoms with van der Waals surface area (Å²) >= 11 is 0. The molecule has 0 radical (unpaired) electrons. The van der Waals surface area contributed by atoms with E-state index in [0.717, 1.165) is 22.6 Å². The first-order valence-electron chi connectivity index (χ1n) is 7.48. The lowest BCUT2D eigenvalue weighted by atomic mass is 10.1. The number of halogens is 3. The highest BCUT2D eigenvalue weighted by atomic mass is 19.4. The van der Waals surface area contributed by atoms with Crippen molar-refractivity contribution >= 4 is 23.2 Å². The second kappa shape index (κ2) is 7.38. The fourth-order valence-corrected chi connectivity index (χ4v) is 2.22. The third kappa shape index (κ3) is 5.07. The van der Waals surface area contributed by atoms with Crippen LogP contribution in [0.2, 0.25) is 0 Å². The van der Waals surface area contributed by atoms with Gasteiger partial charge in [-0.25, -0.2) is 0 Å². The van der Waals surface area contributed by atoms with Gasteiger partial charge in [-0.1, -0.05) is 23.8 Å². The number of hydrogen-bond acceptors (Lipinski definition) is 2. The van der Waals surface area contributed by atoms with Crippen LogP contribution in [0.3, 0.4) is 0 Å². The van der Waals surface area contributed by atoms with Crippen LogP contribution in [0.25, 0.3) is 0 Å². The van der Waals surface area contributed by atoms with Gasteiger partial charge in [0.15, 0.2) is 0 Å². The quantitative estimate of drug-likeness (QED) is 0.906. The number of rotatable bonds is 4. The maximum absolute atomic E-state index is 12.8. The molecule has 0 aliphatic heterocycles. The van der Waals surface area contributed by atoms with Gasteiger partial charge in [0.1, 0.15) is 6.54 Å². The second-order valence-electron chi connectivity index (χ2n) is 5.57. The third-order valence-electron chi connectivity index (χ3n) is 3.50. The molecule has 0 saturated heterocycles. The van der Waals surface area contributed by atoms with E-state index in [2.05, 4.69) is 5.32 Å². The zero-order valence-electron chi connectivity index (χ0n) is 13.7. The molecule has 0 bridgehead atoms. The first kappa shape index (κ1) is 18.5. The number of benzene rings is 2. The summed E-state index contributed by atoms with van der Waals surface area (Å²) in [5, 5.41) is 2.61. The minimum Gasteiger partial charge on any atom is -0.325 e. The molecule has 0 aliphatic rings. The van der Waals surface area contributed by atoms with Gasteiger partial charge in [-0.3, -0.25) is 9.59 Å². The van der Waals surface area contributed by atoms with E-state index in [1.54, 1.807) is 12.1 Å². The largest absolute Gasteiger partial charge is 0.416 e. The molecule has 25 heavy (non-hydrogen) atoms. The molecule has 0 saturated carbocycles. The summed E-state index contributed by atoms with van der Waals surface area (Å²) in [5.74, 6) is -1.03. The molecule has 0 fully saturated rings. The number of carbonyl (C=O) groups excluding carboxylic acids is 2. The van der Waals surface area contributed by atoms with Crippen LogP contribution in [0, 0.1) is 6.92 Å². The van der Waals surface area contributed by atoms with Gasteiger partial charge in [0, 0.05) is 18.3 Å². The summed E-state index contributed by atoms with van der Waals surface area (Å²) in [7, 11) is 0. The van der Waals surface area contributed by atoms with Gasteiger partial charge in [-0.05, 0) is 37.3 Å². The minimum atomic E-state index is -4.53. The first-order valence-corrected chi connectivity index (χ1v) is 7.48. The van der Waals surface area contributed by atoms with Crippen LogP contribution in [0.5, 0.6) is 0 Å². The van der Waals surface area contributed by atoms with E-state index in [0.29, 0.717) is 5.69 Å². The molecule has 1 N–H and O–H groups in total. The fourth-order valence-electron chi connectivity index (χ4n) is 2.22. The molecule has 2 aromatic carbocycles. The van der Waals surface area contributed by atoms with Crippen LogP contribution in [-0.4, -0.2) is 18.4 Å². The van der Waals surface area contributed by atoms with Gasteiger partial charge < -0.3 is 10.2 Å². The molecule has 0 unspecified atom stereocenters. The Morgan fingerprint density at radius 1 is 1.08 bits per heavy atom. The minimum absolute atomic E-state index is 0.0152. The van der Waals surface area contributed by atoms with E-state index in [9.17, 15) is 22.8 Å². The van der Waals surface area contributed by atoms with Crippen molar-refractivity contribution in [1.29, 1.82) is 0 Å². The van der Waals surface area contributed by atoms with Gasteiger partial charge >= 0.3 is 6.18 Å². The summed E-state index contributed by atoms with van der Waals surface area (Å²) < 4.78 is 38.5. The molecule has 2 aromatic rings. The van der Waals surface area contributed by atoms with Crippen molar-refractivity contribution in [1.82, 2.24) is 0 Å². The van der Waals surface area contributed by atoms with Crippen molar-refractivity contribution in [2.45, 2.75) is 20.0 Å². The van der Waals surface area contributed by atoms with Crippen LogP contribution in [0.1, 0.15) is 18.1 Å². The summed E-state index contributed by atoms with van der Waals surface area (Å²) in [4.78, 5) is 24.9. The summed E-state index contributed by atoms with van der Waals surface area (Å²) in [6.07, 6.45) is -4.53. The zero-order valence-corrected chi connectivity index (χ0v) is 13.7. The molecule has 0 spiro atoms. The monoisotopic (exact) mass is 350 g/mol. The van der Waals surface area contributed by atoms with E-state index >= 15 is 0 Å². The van der Waals surface area contributed by atoms with Gasteiger partial charge in [0.25, 0.3) is 0 Å². The number of amides is 2. The molecule has 7 heteroatoms. The summed E-state index contributed by atoms with van der Waals surface area (Å²) in [6, 6.07) is 11.3. The number of aryl methyl sites for hydroxylation is 1. The van der Waals surface area contributed by atoms with E-state index in [1.807, 2.05) is 19.1 Å². The lowest BCUT2D eigenvalue weighted by Crippen LogP contribution is -2.36. The summed E-state index contributed by atoms with van der Waals surface area (Å²) in [5.41, 5.74) is 0.701. The van der Waals surface area contributed by atoms with Crippen molar-refractivity contribution in [3.05, 3.63) is 59.7 Å². The van der Waals surface area contributed by atoms with Crippen molar-refractivity contribution in [3.63, 3.8) is 0 Å². The molecule has 0 heterocycles. The zero-order chi connectivity index (χ0) is 18.6. The molecule has 132 valence electrons. The van der Waals surface area contributed by atoms with E-state index < -0.39 is 23.6 Å². The number of carbonyl (C=O) groups is 2. The van der Waals surface area contributed by atoms with Crippen molar-refractivity contribution in [2.24, 2.45) is 0 Å². The Hall–Kier alpha value is -2.83. The molecule has 0 aliphatic carbocycles. The third-order valence-corrected chi connectivity index (χ3v) is 3.50. The topological polar surface area (TPSA) is 49.4 Å². The lowest BCUT2D eigenvalue weighted by Gasteiger charge is -2.21.